The molecule has 0 saturated carbocycles. The summed E-state index contributed by atoms with van der Waals surface area (Å²) in [5.41, 5.74) is 1.03. The van der Waals surface area contributed by atoms with Gasteiger partial charge >= 0.3 is 0 Å². The quantitative estimate of drug-likeness (QED) is 0.755. The molecule has 2 aromatic rings. The second kappa shape index (κ2) is 4.89. The third-order valence-corrected chi connectivity index (χ3v) is 3.84. The van der Waals surface area contributed by atoms with Crippen LogP contribution in [-0.4, -0.2) is 11.6 Å². The third kappa shape index (κ3) is 2.57. The first-order valence-corrected chi connectivity index (χ1v) is 6.69. The minimum Gasteiger partial charge on any atom is -0.494 e. The van der Waals surface area contributed by atoms with Crippen LogP contribution < -0.4 is 4.74 Å². The van der Waals surface area contributed by atoms with E-state index in [4.69, 9.17) is 4.74 Å². The molecule has 1 heterocycles. The average molecular weight is 251 g/mol. The molecule has 0 saturated heterocycles. The maximum absolute atomic E-state index is 5.46. The highest BCUT2D eigenvalue weighted by Crippen LogP contribution is 2.34. The number of aromatic nitrogens is 1. The van der Waals surface area contributed by atoms with E-state index in [0.717, 1.165) is 25.2 Å². The van der Waals surface area contributed by atoms with Gasteiger partial charge in [0.05, 0.1) is 16.8 Å². The molecule has 2 nitrogen and oxygen atoms in total. The highest BCUT2D eigenvalue weighted by molar-refractivity contribution is 8.04. The van der Waals surface area contributed by atoms with E-state index < -0.39 is 0 Å². The van der Waals surface area contributed by atoms with Crippen molar-refractivity contribution >= 4 is 33.3 Å². The maximum Gasteiger partial charge on any atom is 0.155 e. The van der Waals surface area contributed by atoms with Gasteiger partial charge in [-0.15, -0.1) is 11.3 Å². The van der Waals surface area contributed by atoms with Crippen molar-refractivity contribution in [3.05, 3.63) is 29.7 Å². The number of thioether (sulfide) groups is 1. The second-order valence-corrected chi connectivity index (χ2v) is 5.92. The summed E-state index contributed by atoms with van der Waals surface area (Å²) in [6, 6.07) is 6.00. The van der Waals surface area contributed by atoms with Gasteiger partial charge in [0.25, 0.3) is 0 Å². The van der Waals surface area contributed by atoms with Crippen LogP contribution in [0.5, 0.6) is 5.75 Å². The van der Waals surface area contributed by atoms with E-state index in [2.05, 4.69) is 11.6 Å². The summed E-state index contributed by atoms with van der Waals surface area (Å²) < 4.78 is 7.66. The van der Waals surface area contributed by atoms with E-state index in [1.165, 1.54) is 0 Å². The Morgan fingerprint density at radius 3 is 3.06 bits per heavy atom. The van der Waals surface area contributed by atoms with Gasteiger partial charge in [-0.3, -0.25) is 0 Å². The van der Waals surface area contributed by atoms with Crippen LogP contribution in [-0.2, 0) is 0 Å². The van der Waals surface area contributed by atoms with Crippen LogP contribution in [0.1, 0.15) is 13.8 Å². The van der Waals surface area contributed by atoms with Crippen molar-refractivity contribution < 1.29 is 4.74 Å². The first kappa shape index (κ1) is 11.5. The van der Waals surface area contributed by atoms with Crippen LogP contribution in [0.2, 0.25) is 0 Å². The Kier molecular flexibility index (Phi) is 3.51. The van der Waals surface area contributed by atoms with Crippen LogP contribution in [0.3, 0.4) is 0 Å². The highest BCUT2D eigenvalue weighted by atomic mass is 32.2. The van der Waals surface area contributed by atoms with Gasteiger partial charge < -0.3 is 4.74 Å². The number of ether oxygens (including phenoxy) is 1. The molecule has 4 heteroatoms. The van der Waals surface area contributed by atoms with Gasteiger partial charge in [0.1, 0.15) is 5.75 Å². The lowest BCUT2D eigenvalue weighted by Gasteiger charge is -2.00. The Balaban J connectivity index is 2.34. The molecule has 0 aliphatic heterocycles. The summed E-state index contributed by atoms with van der Waals surface area (Å²) in [6.07, 6.45) is 0. The van der Waals surface area contributed by atoms with Crippen LogP contribution >= 0.6 is 23.1 Å². The Labute approximate surface area is 103 Å². The molecule has 0 aliphatic rings. The maximum atomic E-state index is 5.46. The van der Waals surface area contributed by atoms with Crippen LogP contribution in [0.25, 0.3) is 10.2 Å². The fourth-order valence-corrected chi connectivity index (χ4v) is 3.36. The molecular weight excluding hydrogens is 238 g/mol. The molecule has 84 valence electrons. The fraction of sp³-hybridized carbons (Fsp3) is 0.250. The monoisotopic (exact) mass is 251 g/mol. The minimum absolute atomic E-state index is 0.692. The van der Waals surface area contributed by atoms with E-state index in [1.807, 2.05) is 32.0 Å². The number of nitrogens with zero attached hydrogens (tertiary/aromatic N) is 1. The van der Waals surface area contributed by atoms with Crippen molar-refractivity contribution in [2.45, 2.75) is 18.2 Å². The van der Waals surface area contributed by atoms with Gasteiger partial charge in [0.15, 0.2) is 4.34 Å². The van der Waals surface area contributed by atoms with Crippen molar-refractivity contribution in [3.8, 4) is 5.75 Å². The SMILES string of the molecule is C=C(C)Sc1nc2ccc(OCC)cc2s1. The lowest BCUT2D eigenvalue weighted by Crippen LogP contribution is -1.89. The number of hydrogen-bond donors (Lipinski definition) is 0. The van der Waals surface area contributed by atoms with Gasteiger partial charge in [-0.05, 0) is 37.0 Å². The molecule has 2 rings (SSSR count). The lowest BCUT2D eigenvalue weighted by atomic mass is 10.3. The smallest absolute Gasteiger partial charge is 0.155 e. The van der Waals surface area contributed by atoms with Crippen molar-refractivity contribution in [1.29, 1.82) is 0 Å². The Morgan fingerprint density at radius 2 is 2.38 bits per heavy atom. The molecule has 0 atom stereocenters. The normalized spacial score (nSPS) is 10.6. The zero-order chi connectivity index (χ0) is 11.5. The van der Waals surface area contributed by atoms with E-state index in [9.17, 15) is 0 Å². The summed E-state index contributed by atoms with van der Waals surface area (Å²) in [6.45, 7) is 8.54. The fourth-order valence-electron chi connectivity index (χ4n) is 1.33. The number of thiazole rings is 1. The van der Waals surface area contributed by atoms with Crippen molar-refractivity contribution in [2.24, 2.45) is 0 Å². The molecule has 0 fully saturated rings. The zero-order valence-electron chi connectivity index (χ0n) is 9.32. The molecule has 0 amide bonds. The number of hydrogen-bond acceptors (Lipinski definition) is 4. The number of rotatable bonds is 4. The lowest BCUT2D eigenvalue weighted by molar-refractivity contribution is 0.341. The topological polar surface area (TPSA) is 22.1 Å². The van der Waals surface area contributed by atoms with Crippen LogP contribution in [0.15, 0.2) is 34.0 Å². The molecule has 1 aromatic carbocycles. The van der Waals surface area contributed by atoms with E-state index in [1.54, 1.807) is 23.1 Å². The van der Waals surface area contributed by atoms with E-state index in [0.29, 0.717) is 6.61 Å². The summed E-state index contributed by atoms with van der Waals surface area (Å²) in [5.74, 6) is 0.908. The Morgan fingerprint density at radius 1 is 1.56 bits per heavy atom. The molecule has 0 radical (unpaired) electrons. The molecule has 0 aliphatic carbocycles. The Hall–Kier alpha value is -1.000. The first-order chi connectivity index (χ1) is 7.69. The van der Waals surface area contributed by atoms with Gasteiger partial charge in [0.2, 0.25) is 0 Å². The van der Waals surface area contributed by atoms with Gasteiger partial charge in [-0.1, -0.05) is 18.3 Å². The third-order valence-electron chi connectivity index (χ3n) is 1.91. The second-order valence-electron chi connectivity index (χ2n) is 3.35. The van der Waals surface area contributed by atoms with Crippen molar-refractivity contribution in [1.82, 2.24) is 4.98 Å². The first-order valence-electron chi connectivity index (χ1n) is 5.06. The summed E-state index contributed by atoms with van der Waals surface area (Å²) >= 11 is 3.29. The molecule has 1 aromatic heterocycles. The summed E-state index contributed by atoms with van der Waals surface area (Å²) in [5, 5.41) is 0. The summed E-state index contributed by atoms with van der Waals surface area (Å²) in [4.78, 5) is 5.58. The van der Waals surface area contributed by atoms with Crippen LogP contribution in [0, 0.1) is 0 Å². The number of allylic oxidation sites excluding steroid dienone is 1. The molecular formula is C12H13NOS2. The number of fused-ring (bicyclic) bond motifs is 1. The van der Waals surface area contributed by atoms with Gasteiger partial charge in [0, 0.05) is 0 Å². The highest BCUT2D eigenvalue weighted by Gasteiger charge is 2.05. The standard InChI is InChI=1S/C12H13NOS2/c1-4-14-9-5-6-10-11(7-9)16-12(13-10)15-8(2)3/h5-7H,2,4H2,1,3H3. The summed E-state index contributed by atoms with van der Waals surface area (Å²) in [7, 11) is 0. The molecule has 0 bridgehead atoms. The van der Waals surface area contributed by atoms with Crippen molar-refractivity contribution in [2.75, 3.05) is 6.61 Å². The molecule has 0 spiro atoms. The molecule has 0 N–H and O–H groups in total. The largest absolute Gasteiger partial charge is 0.494 e. The van der Waals surface area contributed by atoms with Gasteiger partial charge in [-0.25, -0.2) is 4.98 Å². The predicted octanol–water partition coefficient (Wildman–Crippen LogP) is 4.32. The van der Waals surface area contributed by atoms with Crippen molar-refractivity contribution in [3.63, 3.8) is 0 Å². The Bertz CT molecular complexity index is 519. The number of benzene rings is 1. The average Bonchev–Trinajstić information content (AvgIpc) is 2.58. The van der Waals surface area contributed by atoms with Crippen LogP contribution in [0.4, 0.5) is 0 Å². The predicted molar refractivity (Wildman–Crippen MR) is 71.5 cm³/mol. The minimum atomic E-state index is 0.692. The van der Waals surface area contributed by atoms with Gasteiger partial charge in [-0.2, -0.15) is 0 Å². The van der Waals surface area contributed by atoms with E-state index in [-0.39, 0.29) is 0 Å². The molecule has 16 heavy (non-hydrogen) atoms. The molecule has 0 unspecified atom stereocenters. The zero-order valence-corrected chi connectivity index (χ0v) is 11.0. The van der Waals surface area contributed by atoms with E-state index >= 15 is 0 Å².